The van der Waals surface area contributed by atoms with Gasteiger partial charge < -0.3 is 36.7 Å². The lowest BCUT2D eigenvalue weighted by Gasteiger charge is -2.43. The Hall–Kier alpha value is -1.09. The Labute approximate surface area is 677 Å². The normalized spacial score (nSPS) is 26.5. The summed E-state index contributed by atoms with van der Waals surface area (Å²) in [5, 5.41) is 0.944. The molecule has 0 aliphatic heterocycles. The van der Waals surface area contributed by atoms with Gasteiger partial charge in [0.05, 0.1) is 25.4 Å². The smallest absolute Gasteiger partial charge is 0.332 e. The molecule has 6 fully saturated rings. The van der Waals surface area contributed by atoms with Crippen molar-refractivity contribution in [3.63, 3.8) is 0 Å². The summed E-state index contributed by atoms with van der Waals surface area (Å²) < 4.78 is 50.2. The Morgan fingerprint density at radius 1 is 0.491 bits per heavy atom. The van der Waals surface area contributed by atoms with E-state index in [1.165, 1.54) is 109 Å². The minimum Gasteiger partial charge on any atom is -0.458 e. The fraction of sp³-hybridized carbons (Fsp3) is 0.902. The molecule has 1 unspecified atom stereocenters. The van der Waals surface area contributed by atoms with E-state index in [2.05, 4.69) is 181 Å². The first kappa shape index (κ1) is 101. The summed E-state index contributed by atoms with van der Waals surface area (Å²) in [5.74, 6) is 6.23. The lowest BCUT2D eigenvalue weighted by atomic mass is 9.76. The monoisotopic (exact) mass is 1600 g/mol. The average Bonchev–Trinajstić information content (AvgIpc) is 1.60. The van der Waals surface area contributed by atoms with Crippen molar-refractivity contribution in [1.82, 2.24) is 0 Å². The highest BCUT2D eigenvalue weighted by molar-refractivity contribution is 6.75. The molecule has 0 bridgehead atoms. The lowest BCUT2D eigenvalue weighted by molar-refractivity contribution is -0.159. The molecule has 0 saturated heterocycles. The van der Waals surface area contributed by atoms with Crippen molar-refractivity contribution in [2.24, 2.45) is 65.1 Å². The van der Waals surface area contributed by atoms with Crippen LogP contribution in [0.2, 0.25) is 72.5 Å². The first-order valence-electron chi connectivity index (χ1n) is 43.9. The van der Waals surface area contributed by atoms with Gasteiger partial charge in [-0.25, -0.2) is 4.79 Å². The van der Waals surface area contributed by atoms with Crippen molar-refractivity contribution < 1.29 is 51.0 Å². The van der Waals surface area contributed by atoms with Gasteiger partial charge in [-0.3, -0.25) is 9.59 Å². The molecule has 6 aliphatic carbocycles. The molecule has 0 aromatic heterocycles. The number of rotatable bonds is 36. The first-order valence-corrected chi connectivity index (χ1v) is 56.0. The van der Waals surface area contributed by atoms with Gasteiger partial charge in [-0.2, -0.15) is 0 Å². The summed E-state index contributed by atoms with van der Waals surface area (Å²) in [6.45, 7) is 64.9. The van der Waals surface area contributed by atoms with Gasteiger partial charge in [-0.1, -0.05) is 225 Å². The molecule has 0 radical (unpaired) electrons. The third-order valence-corrected chi connectivity index (χ3v) is 46.4. The summed E-state index contributed by atoms with van der Waals surface area (Å²) in [5.41, 5.74) is -0.464. The van der Waals surface area contributed by atoms with Crippen molar-refractivity contribution in [2.75, 3.05) is 26.4 Å². The zero-order valence-corrected chi connectivity index (χ0v) is 79.5. The van der Waals surface area contributed by atoms with Crippen LogP contribution in [0.1, 0.15) is 326 Å². The third kappa shape index (κ3) is 33.5. The van der Waals surface area contributed by atoms with Crippen molar-refractivity contribution in [3.8, 4) is 0 Å². The molecule has 6 saturated carbocycles. The number of halogens is 1. The van der Waals surface area contributed by atoms with E-state index in [-0.39, 0.29) is 87.9 Å². The first-order chi connectivity index (χ1) is 49.6. The summed E-state index contributed by atoms with van der Waals surface area (Å²) in [6.07, 6.45) is 46.5. The second kappa shape index (κ2) is 46.2. The minimum atomic E-state index is -2.02. The molecule has 0 heterocycles. The molecule has 0 aromatic carbocycles. The SMILES string of the molecule is C.CC/C=C\C[C@H]1C(=O)C[C@@H](O[Si](C)(C)C(C)(C)C)[C@@H]1CC[C@@H](O[Si](C)(C)C(C)(C)C)C1CCCCC1.CCOC(C)OC/C=C\C[C@H]1C(=O)C[C@@H](O[Si](C)(C)C(C)(C)C)[C@@H]1CC[C@@H](O[Si](C)(C)C(C)(C)C)C1CCCCC1.C[C@H](CC[C@@H]1[C@@H](C/C=C\COCC(=O)OC(C)(C)C)[C@H](Cl)C[C@H]1C)C1CCCCC1. The molecular weight excluding hydrogens is 1430 g/mol. The van der Waals surface area contributed by atoms with Gasteiger partial charge in [0.2, 0.25) is 0 Å². The highest BCUT2D eigenvalue weighted by Crippen LogP contribution is 2.50. The van der Waals surface area contributed by atoms with Crippen LogP contribution in [0.4, 0.5) is 0 Å². The van der Waals surface area contributed by atoms with Crippen molar-refractivity contribution in [3.05, 3.63) is 36.5 Å². The van der Waals surface area contributed by atoms with Crippen LogP contribution in [-0.4, -0.2) is 119 Å². The van der Waals surface area contributed by atoms with Gasteiger partial charge in [0.15, 0.2) is 39.6 Å². The maximum absolute atomic E-state index is 13.5. The maximum Gasteiger partial charge on any atom is 0.332 e. The van der Waals surface area contributed by atoms with Crippen LogP contribution in [0.15, 0.2) is 36.5 Å². The largest absolute Gasteiger partial charge is 0.458 e. The molecule has 632 valence electrons. The number of ether oxygens (including phenoxy) is 4. The number of esters is 1. The van der Waals surface area contributed by atoms with Gasteiger partial charge in [0, 0.05) is 48.9 Å². The molecule has 6 aliphatic rings. The van der Waals surface area contributed by atoms with E-state index in [1.807, 2.05) is 46.8 Å². The fourth-order valence-electron chi connectivity index (χ4n) is 17.1. The highest BCUT2D eigenvalue weighted by Gasteiger charge is 2.51. The quantitative estimate of drug-likeness (QED) is 0.0149. The lowest BCUT2D eigenvalue weighted by Crippen LogP contribution is -2.47. The number of ketones is 2. The summed E-state index contributed by atoms with van der Waals surface area (Å²) in [7, 11) is -7.75. The molecule has 108 heavy (non-hydrogen) atoms. The number of allylic oxidation sites excluding steroid dienone is 4. The van der Waals surface area contributed by atoms with Gasteiger partial charge in [0.1, 0.15) is 23.8 Å². The maximum atomic E-state index is 13.5. The minimum absolute atomic E-state index is 0. The van der Waals surface area contributed by atoms with E-state index in [4.69, 9.17) is 48.3 Å². The Balaban J connectivity index is 0.000000423. The van der Waals surface area contributed by atoms with Crippen LogP contribution in [0.3, 0.4) is 0 Å². The molecule has 6 rings (SSSR count). The molecule has 0 amide bonds. The van der Waals surface area contributed by atoms with Crippen LogP contribution >= 0.6 is 11.6 Å². The topological polar surface area (TPSA) is 125 Å². The van der Waals surface area contributed by atoms with E-state index in [0.717, 1.165) is 75.5 Å². The van der Waals surface area contributed by atoms with Crippen molar-refractivity contribution in [1.29, 1.82) is 0 Å². The van der Waals surface area contributed by atoms with Crippen LogP contribution in [0.25, 0.3) is 0 Å². The standard InChI is InChI=1S/C34H66O5Si2.C31H60O3Si2.C26H45ClO3.CH4/c1-13-36-26(2)37-24-18-17-21-28-29(32(25-30(28)35)39-41(11,12)34(6,7)8)22-23-31(27-19-15-14-16-20-27)38-40(9,10)33(3,4)5;1-12-13-15-20-25-26(29(23-27(25)32)34-36(10,11)31(5,6)7)21-22-28(24-18-16-14-17-19-24)33-35(8,9)30(2,3)4;1-19(21-11-7-6-8-12-21)14-15-22-20(2)17-24(27)23(22)13-9-10-16-29-18-25(28)30-26(3,4)5;/h17-18,26-29,31-32H,13-16,19-25H2,1-12H3;13,15,24-26,28-29H,12,14,16-23H2,1-11H3;9-10,19-24H,6-8,11-18H2,1-5H3;1H4/b18-17-;15-13-;10-9-;/t26?,28-,29-,31-,32-;25-,26-,28-,29-;19-,20-,22+,23-,24-;/m111./s1. The Morgan fingerprint density at radius 2 is 0.880 bits per heavy atom. The predicted octanol–water partition coefficient (Wildman–Crippen LogP) is 27.2. The van der Waals surface area contributed by atoms with Crippen molar-refractivity contribution in [2.45, 2.75) is 440 Å². The van der Waals surface area contributed by atoms with E-state index >= 15 is 0 Å². The van der Waals surface area contributed by atoms with Gasteiger partial charge in [0.25, 0.3) is 0 Å². The molecule has 0 spiro atoms. The van der Waals surface area contributed by atoms with E-state index in [0.29, 0.717) is 79.9 Å². The van der Waals surface area contributed by atoms with Crippen LogP contribution in [0.5, 0.6) is 0 Å². The summed E-state index contributed by atoms with van der Waals surface area (Å²) in [4.78, 5) is 38.5. The number of carbonyl (C=O) groups is 3. The molecule has 16 heteroatoms. The zero-order valence-electron chi connectivity index (χ0n) is 74.8. The third-order valence-electron chi connectivity index (χ3n) is 27.9. The van der Waals surface area contributed by atoms with Crippen LogP contribution in [0, 0.1) is 65.1 Å². The number of hydrogen-bond acceptors (Lipinski definition) is 11. The second-order valence-corrected chi connectivity index (χ2v) is 61.1. The molecular formula is C92H175ClO11Si4. The number of Topliss-reactive ketones (excluding diaryl/α,β-unsaturated/α-hetero) is 2. The molecule has 14 atom stereocenters. The van der Waals surface area contributed by atoms with E-state index < -0.39 is 38.9 Å². The van der Waals surface area contributed by atoms with Gasteiger partial charge in [-0.05, 0) is 250 Å². The number of carbonyl (C=O) groups excluding carboxylic acids is 3. The molecule has 11 nitrogen and oxygen atoms in total. The molecule has 0 N–H and O–H groups in total. The van der Waals surface area contributed by atoms with Gasteiger partial charge >= 0.3 is 5.97 Å². The van der Waals surface area contributed by atoms with Gasteiger partial charge in [-0.15, -0.1) is 11.6 Å². The number of alkyl halides is 1. The van der Waals surface area contributed by atoms with Crippen LogP contribution < -0.4 is 0 Å². The molecule has 0 aromatic rings. The second-order valence-electron chi connectivity index (χ2n) is 41.5. The number of hydrogen-bond donors (Lipinski definition) is 0. The zero-order chi connectivity index (χ0) is 80.6. The summed E-state index contributed by atoms with van der Waals surface area (Å²) >= 11 is 6.75. The van der Waals surface area contributed by atoms with E-state index in [1.54, 1.807) is 0 Å². The fourth-order valence-corrected chi connectivity index (χ4v) is 23.2. The summed E-state index contributed by atoms with van der Waals surface area (Å²) in [6, 6.07) is 0. The Kier molecular flexibility index (Phi) is 43.2. The highest BCUT2D eigenvalue weighted by atomic mass is 35.5. The predicted molar refractivity (Wildman–Crippen MR) is 470 cm³/mol. The Bertz CT molecular complexity index is 2640. The van der Waals surface area contributed by atoms with E-state index in [9.17, 15) is 14.4 Å². The Morgan fingerprint density at radius 3 is 1.28 bits per heavy atom. The van der Waals surface area contributed by atoms with Crippen molar-refractivity contribution >= 4 is 62.4 Å². The average molecular weight is 1610 g/mol. The van der Waals surface area contributed by atoms with Crippen LogP contribution in [-0.2, 0) is 51.0 Å².